The minimum Gasteiger partial charge on any atom is -0.462 e. The van der Waals surface area contributed by atoms with Crippen molar-refractivity contribution in [3.8, 4) is 0 Å². The number of unbranched alkanes of at least 4 members (excludes halogenated alkanes) is 1. The van der Waals surface area contributed by atoms with E-state index in [0.29, 0.717) is 16.9 Å². The predicted octanol–water partition coefficient (Wildman–Crippen LogP) is 3.51. The van der Waals surface area contributed by atoms with E-state index < -0.39 is 46.6 Å². The lowest BCUT2D eigenvalue weighted by Gasteiger charge is -2.35. The number of benzene rings is 1. The molecule has 5 nitrogen and oxygen atoms in total. The zero-order valence-electron chi connectivity index (χ0n) is 16.9. The van der Waals surface area contributed by atoms with Gasteiger partial charge in [-0.05, 0) is 40.5 Å². The molecule has 0 heterocycles. The average Bonchev–Trinajstić information content (AvgIpc) is 2.63. The Balaban J connectivity index is 2.69. The Kier molecular flexibility index (Phi) is 9.66. The summed E-state index contributed by atoms with van der Waals surface area (Å²) in [5.74, 6) is -14.1. The molecule has 166 valence electrons. The molecule has 0 aliphatic heterocycles. The van der Waals surface area contributed by atoms with Gasteiger partial charge in [0, 0.05) is 6.42 Å². The standard InChI is InChI=1S/C18H25F5O5Si/c1-9(2)26-18(28-29,27-10(3)4)7-5-6-8-25-17(24)11-12(19)14(21)16(23)15(22)13(11)20/h9-10H,5-8H2,1-4,29H3. The lowest BCUT2D eigenvalue weighted by molar-refractivity contribution is -0.369. The van der Waals surface area contributed by atoms with E-state index >= 15 is 0 Å². The molecule has 0 fully saturated rings. The van der Waals surface area contributed by atoms with Crippen LogP contribution in [0.4, 0.5) is 22.0 Å². The molecule has 0 bridgehead atoms. The molecule has 0 aromatic heterocycles. The highest BCUT2D eigenvalue weighted by Gasteiger charge is 2.34. The van der Waals surface area contributed by atoms with Gasteiger partial charge in [0.2, 0.25) is 5.82 Å². The van der Waals surface area contributed by atoms with Crippen LogP contribution in [0.25, 0.3) is 0 Å². The molecule has 0 radical (unpaired) electrons. The Labute approximate surface area is 169 Å². The van der Waals surface area contributed by atoms with Crippen molar-refractivity contribution in [1.82, 2.24) is 0 Å². The maximum Gasteiger partial charge on any atom is 0.344 e. The molecule has 0 amide bonds. The topological polar surface area (TPSA) is 54.0 Å². The number of hydrogen-bond donors (Lipinski definition) is 0. The van der Waals surface area contributed by atoms with Gasteiger partial charge in [-0.2, -0.15) is 0 Å². The number of halogens is 5. The molecule has 0 saturated heterocycles. The zero-order chi connectivity index (χ0) is 22.4. The van der Waals surface area contributed by atoms with Crippen LogP contribution in [0.3, 0.4) is 0 Å². The molecule has 0 spiro atoms. The van der Waals surface area contributed by atoms with E-state index in [1.165, 1.54) is 0 Å². The maximum atomic E-state index is 13.6. The van der Waals surface area contributed by atoms with Crippen molar-refractivity contribution >= 4 is 16.5 Å². The summed E-state index contributed by atoms with van der Waals surface area (Å²) in [6, 6.07) is 0. The quantitative estimate of drug-likeness (QED) is 0.0995. The maximum absolute atomic E-state index is 13.6. The first-order chi connectivity index (χ1) is 13.5. The second-order valence-corrected chi connectivity index (χ2v) is 7.17. The second kappa shape index (κ2) is 11.0. The van der Waals surface area contributed by atoms with Gasteiger partial charge >= 0.3 is 5.97 Å². The van der Waals surface area contributed by atoms with Crippen molar-refractivity contribution in [3.05, 3.63) is 34.6 Å². The van der Waals surface area contributed by atoms with Gasteiger partial charge in [0.15, 0.2) is 33.8 Å². The van der Waals surface area contributed by atoms with Crippen molar-refractivity contribution < 1.29 is 45.4 Å². The summed E-state index contributed by atoms with van der Waals surface area (Å²) in [6.45, 7) is 6.93. The first-order valence-corrected chi connectivity index (χ1v) is 9.86. The fraction of sp³-hybridized carbons (Fsp3) is 0.611. The van der Waals surface area contributed by atoms with Gasteiger partial charge in [-0.3, -0.25) is 0 Å². The van der Waals surface area contributed by atoms with E-state index in [-0.39, 0.29) is 31.7 Å². The Morgan fingerprint density at radius 1 is 0.862 bits per heavy atom. The fourth-order valence-electron chi connectivity index (χ4n) is 2.53. The SMILES string of the molecule is CC(C)OC(CCCCOC(=O)c1c(F)c(F)c(F)c(F)c1F)(O[SiH3])OC(C)C. The van der Waals surface area contributed by atoms with Crippen molar-refractivity contribution in [3.63, 3.8) is 0 Å². The fourth-order valence-corrected chi connectivity index (χ4v) is 2.92. The molecule has 0 N–H and O–H groups in total. The summed E-state index contributed by atoms with van der Waals surface area (Å²) in [6.07, 6.45) is 0.514. The van der Waals surface area contributed by atoms with Gasteiger partial charge in [0.25, 0.3) is 5.97 Å². The van der Waals surface area contributed by atoms with E-state index in [1.54, 1.807) is 0 Å². The summed E-state index contributed by atoms with van der Waals surface area (Å²) >= 11 is 0. The van der Waals surface area contributed by atoms with Gasteiger partial charge in [-0.1, -0.05) is 0 Å². The van der Waals surface area contributed by atoms with Crippen LogP contribution in [0.2, 0.25) is 0 Å². The Hall–Kier alpha value is -1.56. The third-order valence-electron chi connectivity index (χ3n) is 3.67. The Morgan fingerprint density at radius 2 is 1.31 bits per heavy atom. The summed E-state index contributed by atoms with van der Waals surface area (Å²) < 4.78 is 88.2. The Morgan fingerprint density at radius 3 is 1.72 bits per heavy atom. The largest absolute Gasteiger partial charge is 0.462 e. The highest BCUT2D eigenvalue weighted by molar-refractivity contribution is 5.98. The lowest BCUT2D eigenvalue weighted by atomic mass is 10.1. The number of rotatable bonds is 11. The highest BCUT2D eigenvalue weighted by Crippen LogP contribution is 2.26. The molecule has 1 aromatic carbocycles. The van der Waals surface area contributed by atoms with Crippen molar-refractivity contribution in [2.75, 3.05) is 6.61 Å². The summed E-state index contributed by atoms with van der Waals surface area (Å²) in [5.41, 5.74) is -1.62. The molecule has 1 aromatic rings. The van der Waals surface area contributed by atoms with Crippen LogP contribution in [0.1, 0.15) is 57.3 Å². The molecule has 0 unspecified atom stereocenters. The van der Waals surface area contributed by atoms with E-state index in [1.807, 2.05) is 27.7 Å². The van der Waals surface area contributed by atoms with Crippen LogP contribution in [0.5, 0.6) is 0 Å². The molecule has 0 atom stereocenters. The molecule has 0 saturated carbocycles. The van der Waals surface area contributed by atoms with Gasteiger partial charge in [0.1, 0.15) is 5.56 Å². The minimum atomic E-state index is -2.34. The Bertz CT molecular complexity index is 675. The van der Waals surface area contributed by atoms with Crippen molar-refractivity contribution in [2.45, 2.75) is 65.1 Å². The van der Waals surface area contributed by atoms with Crippen LogP contribution in [0.15, 0.2) is 0 Å². The number of hydrogen-bond acceptors (Lipinski definition) is 5. The van der Waals surface area contributed by atoms with Gasteiger partial charge in [-0.15, -0.1) is 0 Å². The number of carbonyl (C=O) groups excluding carboxylic acids is 1. The molecule has 0 aliphatic carbocycles. The van der Waals surface area contributed by atoms with E-state index in [9.17, 15) is 26.7 Å². The highest BCUT2D eigenvalue weighted by atomic mass is 28.2. The van der Waals surface area contributed by atoms with E-state index in [4.69, 9.17) is 13.9 Å². The monoisotopic (exact) mass is 444 g/mol. The second-order valence-electron chi connectivity index (χ2n) is 6.76. The number of carbonyl (C=O) groups is 1. The smallest absolute Gasteiger partial charge is 0.344 e. The molecule has 1 rings (SSSR count). The number of ether oxygens (including phenoxy) is 3. The van der Waals surface area contributed by atoms with Crippen LogP contribution in [-0.2, 0) is 18.6 Å². The van der Waals surface area contributed by atoms with Gasteiger partial charge in [-0.25, -0.2) is 26.7 Å². The summed E-state index contributed by atoms with van der Waals surface area (Å²) in [5, 5.41) is 0. The summed E-state index contributed by atoms with van der Waals surface area (Å²) in [4.78, 5) is 11.8. The molecular formula is C18H25F5O5Si. The average molecular weight is 444 g/mol. The van der Waals surface area contributed by atoms with E-state index in [0.717, 1.165) is 0 Å². The molecule has 11 heteroatoms. The van der Waals surface area contributed by atoms with Crippen LogP contribution < -0.4 is 0 Å². The minimum absolute atomic E-state index is 0.185. The van der Waals surface area contributed by atoms with Crippen LogP contribution >= 0.6 is 0 Å². The lowest BCUT2D eigenvalue weighted by Crippen LogP contribution is -2.42. The first kappa shape index (κ1) is 25.5. The van der Waals surface area contributed by atoms with Crippen molar-refractivity contribution in [2.24, 2.45) is 0 Å². The molecule has 29 heavy (non-hydrogen) atoms. The van der Waals surface area contributed by atoms with Gasteiger partial charge in [0.05, 0.1) is 18.8 Å². The third kappa shape index (κ3) is 6.73. The normalized spacial score (nSPS) is 12.2. The van der Waals surface area contributed by atoms with E-state index in [2.05, 4.69) is 4.74 Å². The molecular weight excluding hydrogens is 419 g/mol. The zero-order valence-corrected chi connectivity index (χ0v) is 18.9. The number of esters is 1. The predicted molar refractivity (Wildman–Crippen MR) is 96.6 cm³/mol. The first-order valence-electron chi connectivity index (χ1n) is 9.05. The molecule has 0 aliphatic rings. The van der Waals surface area contributed by atoms with Crippen LogP contribution in [0, 0.1) is 29.1 Å². The van der Waals surface area contributed by atoms with Crippen LogP contribution in [-0.4, -0.2) is 41.2 Å². The van der Waals surface area contributed by atoms with Gasteiger partial charge < -0.3 is 18.6 Å². The summed E-state index contributed by atoms with van der Waals surface area (Å²) in [7, 11) is 0.331. The van der Waals surface area contributed by atoms with Crippen molar-refractivity contribution in [1.29, 1.82) is 0 Å². The third-order valence-corrected chi connectivity index (χ3v) is 4.29.